The molecule has 0 saturated carbocycles. The van der Waals surface area contributed by atoms with Crippen molar-refractivity contribution in [3.63, 3.8) is 0 Å². The van der Waals surface area contributed by atoms with Gasteiger partial charge < -0.3 is 149 Å². The van der Waals surface area contributed by atoms with Crippen LogP contribution in [0.1, 0.15) is 231 Å². The highest BCUT2D eigenvalue weighted by Gasteiger charge is 2.47. The maximum absolute atomic E-state index is 14.5. The van der Waals surface area contributed by atoms with Crippen molar-refractivity contribution in [2.45, 2.75) is 305 Å². The number of carbonyl (C=O) groups is 10. The highest BCUT2D eigenvalue weighted by molar-refractivity contribution is 5.82. The molecule has 7 rings (SSSR count). The Morgan fingerprint density at radius 3 is 1.09 bits per heavy atom. The number of benzene rings is 3. The van der Waals surface area contributed by atoms with Gasteiger partial charge in [0.25, 0.3) is 0 Å². The SMILES string of the molecule is COc1ccc(C(OC[C@@H]2C[C@@H](OC(=O)CCC(C)=O)CN2C(=O)CCCCCCCCCCC(=O)CC(COCCC(=O)NCCCNC(=O)CCCCOC2OC(CO)C(O)C(O)C2C)(COCCC(=O)NCCCNC(=O)CCCCOC2OC(CO)C(O)C(O)C2C)COCCC(=O)NCCCNC(=O)CCCCOC2OC(CO)C(O)C(O)C2C)(c2ccccc2)c2ccc(OC)cc2)cc1. The third-order valence-electron chi connectivity index (χ3n) is 26.0. The summed E-state index contributed by atoms with van der Waals surface area (Å²) >= 11 is 0. The molecular formula is C102H161N7O32. The quantitative estimate of drug-likeness (QED) is 0.0208. The van der Waals surface area contributed by atoms with Crippen LogP contribution in [-0.2, 0) is 106 Å². The van der Waals surface area contributed by atoms with Gasteiger partial charge in [0, 0.05) is 153 Å². The largest absolute Gasteiger partial charge is 0.497 e. The van der Waals surface area contributed by atoms with Crippen LogP contribution in [0.5, 0.6) is 11.5 Å². The zero-order valence-electron chi connectivity index (χ0n) is 83.3. The zero-order valence-corrected chi connectivity index (χ0v) is 83.3. The summed E-state index contributed by atoms with van der Waals surface area (Å²) in [5, 5.41) is 107. The van der Waals surface area contributed by atoms with E-state index in [1.54, 1.807) is 39.9 Å². The standard InChI is InChI=1S/C102H161N7O32/c1-69(113)34-43-91(122)138-80-59-76(65-137-102(73-27-14-13-15-28-73,74-35-39-78(129-5)40-36-74)75-37-41-79(130-6)42-38-75)109(61-80)90(121)33-17-12-10-8-7-9-11-16-29-77(114)60-101(66-131-56-44-87(118)106-50-24-47-103-84(115)30-18-21-53-134-98-70(2)92(123)95(126)81(62-110)139-98,67-132-57-45-88(119)107-51-25-48-104-85(116)31-19-22-54-135-99-71(3)93(124)96(127)82(63-111)140-99)68-133-58-46-89(120)108-52-26-49-105-86(117)32-20-23-55-136-100-72(4)94(125)97(128)83(64-112)141-100/h13-15,27-28,35-42,70-72,76,80-83,92-100,110-112,123-128H,7-12,16-26,29-34,43-68H2,1-6H3,(H,103,115)(H,104,116)(H,105,117)(H,106,118)(H,107,119)(H,108,120)/t70?,71?,72?,76-,80+,81?,82?,83?,92?,93?,94?,95?,96?,97?,98?,99?,100?,101?/m0/s1. The zero-order chi connectivity index (χ0) is 102. The fourth-order valence-electron chi connectivity index (χ4n) is 17.3. The van der Waals surface area contributed by atoms with Crippen molar-refractivity contribution in [2.75, 3.05) is 146 Å². The number of hydrogen-bond acceptors (Lipinski definition) is 32. The number of aliphatic hydroxyl groups excluding tert-OH is 9. The Bertz CT molecular complexity index is 3840. The van der Waals surface area contributed by atoms with E-state index in [4.69, 9.17) is 61.6 Å². The van der Waals surface area contributed by atoms with Crippen LogP contribution in [0.15, 0.2) is 78.9 Å². The van der Waals surface area contributed by atoms with Crippen molar-refractivity contribution in [2.24, 2.45) is 23.2 Å². The first-order valence-electron chi connectivity index (χ1n) is 50.5. The first-order valence-corrected chi connectivity index (χ1v) is 50.5. The maximum Gasteiger partial charge on any atom is 0.306 e. The molecule has 15 unspecified atom stereocenters. The van der Waals surface area contributed by atoms with Gasteiger partial charge in [-0.05, 0) is 119 Å². The molecule has 3 aromatic carbocycles. The van der Waals surface area contributed by atoms with E-state index in [1.165, 1.54) is 6.92 Å². The minimum atomic E-state index is -1.25. The van der Waals surface area contributed by atoms with Crippen molar-refractivity contribution in [3.8, 4) is 11.5 Å². The number of rotatable bonds is 73. The molecule has 0 radical (unpaired) electrons. The smallest absolute Gasteiger partial charge is 0.306 e. The Morgan fingerprint density at radius 2 is 0.730 bits per heavy atom. The predicted molar refractivity (Wildman–Crippen MR) is 515 cm³/mol. The van der Waals surface area contributed by atoms with E-state index in [0.29, 0.717) is 88.5 Å². The number of esters is 1. The van der Waals surface area contributed by atoms with Crippen LogP contribution in [0.2, 0.25) is 0 Å². The van der Waals surface area contributed by atoms with E-state index in [1.807, 2.05) is 78.9 Å². The number of likely N-dealkylation sites (tertiary alicyclic amines) is 1. The minimum absolute atomic E-state index is 0.0407. The molecule has 141 heavy (non-hydrogen) atoms. The van der Waals surface area contributed by atoms with Crippen LogP contribution in [0.3, 0.4) is 0 Å². The number of amides is 7. The number of carbonyl (C=O) groups excluding carboxylic acids is 10. The maximum atomic E-state index is 14.5. The average Bonchev–Trinajstić information content (AvgIpc) is 1.38. The van der Waals surface area contributed by atoms with Crippen LogP contribution in [0.25, 0.3) is 0 Å². The number of Topliss-reactive ketones (excluding diaryl/α,β-unsaturated/α-hetero) is 2. The summed E-state index contributed by atoms with van der Waals surface area (Å²) in [7, 11) is 3.20. The summed E-state index contributed by atoms with van der Waals surface area (Å²) in [6.45, 7) is 6.76. The van der Waals surface area contributed by atoms with E-state index in [-0.39, 0.29) is 235 Å². The number of nitrogens with one attached hydrogen (secondary N) is 6. The van der Waals surface area contributed by atoms with Gasteiger partial charge in [0.05, 0.1) is 118 Å². The lowest BCUT2D eigenvalue weighted by Crippen LogP contribution is -2.55. The summed E-state index contributed by atoms with van der Waals surface area (Å²) in [5.41, 5.74) is 0.0814. The van der Waals surface area contributed by atoms with Crippen molar-refractivity contribution in [3.05, 3.63) is 95.6 Å². The highest BCUT2D eigenvalue weighted by Crippen LogP contribution is 2.43. The van der Waals surface area contributed by atoms with Gasteiger partial charge in [-0.2, -0.15) is 0 Å². The first-order chi connectivity index (χ1) is 68.0. The molecule has 0 bridgehead atoms. The monoisotopic (exact) mass is 2000 g/mol. The van der Waals surface area contributed by atoms with Gasteiger partial charge in [-0.1, -0.05) is 114 Å². The summed E-state index contributed by atoms with van der Waals surface area (Å²) in [6.07, 6.45) is -1.92. The number of unbranched alkanes of at least 4 members (excludes halogenated alkanes) is 10. The second-order valence-electron chi connectivity index (χ2n) is 37.4. The molecule has 39 heteroatoms. The second kappa shape index (κ2) is 66.6. The molecule has 796 valence electrons. The van der Waals surface area contributed by atoms with E-state index >= 15 is 0 Å². The molecule has 17 atom stereocenters. The minimum Gasteiger partial charge on any atom is -0.497 e. The van der Waals surface area contributed by atoms with Gasteiger partial charge in [-0.25, -0.2) is 0 Å². The van der Waals surface area contributed by atoms with E-state index < -0.39 is 141 Å². The molecule has 7 amide bonds. The Morgan fingerprint density at radius 1 is 0.390 bits per heavy atom. The lowest BCUT2D eigenvalue weighted by atomic mass is 9.80. The number of nitrogens with zero attached hydrogens (tertiary/aromatic N) is 1. The Hall–Kier alpha value is -8.40. The summed E-state index contributed by atoms with van der Waals surface area (Å²) in [5.74, 6) is -2.81. The molecule has 4 heterocycles. The lowest BCUT2D eigenvalue weighted by Gasteiger charge is -2.40. The molecule has 3 aromatic rings. The molecule has 4 fully saturated rings. The summed E-state index contributed by atoms with van der Waals surface area (Å²) < 4.78 is 77.3. The fraction of sp³-hybridized carbons (Fsp3) is 0.725. The number of methoxy groups -OCH3 is 2. The van der Waals surface area contributed by atoms with Gasteiger partial charge in [-0.15, -0.1) is 0 Å². The van der Waals surface area contributed by atoms with Crippen LogP contribution < -0.4 is 41.4 Å². The Kier molecular flexibility index (Phi) is 56.5. The number of ketones is 2. The second-order valence-corrected chi connectivity index (χ2v) is 37.4. The summed E-state index contributed by atoms with van der Waals surface area (Å²) in [4.78, 5) is 134. The van der Waals surface area contributed by atoms with Crippen molar-refractivity contribution in [1.29, 1.82) is 0 Å². The topological polar surface area (TPSA) is 548 Å². The van der Waals surface area contributed by atoms with Crippen LogP contribution in [-0.4, -0.2) is 342 Å². The molecular weight excluding hydrogens is 1840 g/mol. The van der Waals surface area contributed by atoms with Crippen molar-refractivity contribution >= 4 is 58.9 Å². The number of ether oxygens (including phenoxy) is 13. The van der Waals surface area contributed by atoms with Crippen molar-refractivity contribution in [1.82, 2.24) is 36.8 Å². The van der Waals surface area contributed by atoms with Gasteiger partial charge in [-0.3, -0.25) is 43.2 Å². The van der Waals surface area contributed by atoms with E-state index in [2.05, 4.69) is 31.9 Å². The molecule has 15 N–H and O–H groups in total. The Labute approximate surface area is 828 Å². The highest BCUT2D eigenvalue weighted by atomic mass is 16.7. The number of aliphatic hydroxyl groups is 9. The molecule has 0 aromatic heterocycles. The lowest BCUT2D eigenvalue weighted by molar-refractivity contribution is -0.282. The van der Waals surface area contributed by atoms with Crippen LogP contribution >= 0.6 is 0 Å². The normalized spacial score (nSPS) is 23.4. The van der Waals surface area contributed by atoms with Crippen LogP contribution in [0.4, 0.5) is 0 Å². The third-order valence-corrected chi connectivity index (χ3v) is 26.0. The molecule has 39 nitrogen and oxygen atoms in total. The fourth-order valence-corrected chi connectivity index (χ4v) is 17.3. The van der Waals surface area contributed by atoms with Gasteiger partial charge in [0.1, 0.15) is 71.4 Å². The molecule has 0 aliphatic carbocycles. The molecule has 4 aliphatic heterocycles. The van der Waals surface area contributed by atoms with Gasteiger partial charge >= 0.3 is 5.97 Å². The average molecular weight is 2000 g/mol. The first kappa shape index (κ1) is 120. The molecule has 4 aliphatic rings. The molecule has 4 saturated heterocycles. The van der Waals surface area contributed by atoms with Crippen LogP contribution in [0, 0.1) is 23.2 Å². The third kappa shape index (κ3) is 42.3. The Balaban J connectivity index is 0.920. The van der Waals surface area contributed by atoms with Gasteiger partial charge in [0.2, 0.25) is 41.4 Å². The predicted octanol–water partition coefficient (Wildman–Crippen LogP) is 4.61. The van der Waals surface area contributed by atoms with E-state index in [9.17, 15) is 93.9 Å². The van der Waals surface area contributed by atoms with E-state index in [0.717, 1.165) is 55.2 Å². The molecule has 0 spiro atoms. The number of hydrogen-bond donors (Lipinski definition) is 15. The van der Waals surface area contributed by atoms with Gasteiger partial charge in [0.15, 0.2) is 18.9 Å². The summed E-state index contributed by atoms with van der Waals surface area (Å²) in [6, 6.07) is 24.6. The van der Waals surface area contributed by atoms with Crippen molar-refractivity contribution < 1.29 is 155 Å².